The van der Waals surface area contributed by atoms with Gasteiger partial charge in [-0.3, -0.25) is 0 Å². The van der Waals surface area contributed by atoms with Crippen molar-refractivity contribution < 1.29 is 8.42 Å². The smallest absolute Gasteiger partial charge is 0.251 e. The highest BCUT2D eigenvalue weighted by atomic mass is 32.2. The molecule has 1 aliphatic heterocycles. The Morgan fingerprint density at radius 1 is 1.46 bits per heavy atom. The van der Waals surface area contributed by atoms with Gasteiger partial charge in [0, 0.05) is 5.92 Å². The van der Waals surface area contributed by atoms with Crippen LogP contribution in [0.25, 0.3) is 0 Å². The summed E-state index contributed by atoms with van der Waals surface area (Å²) >= 11 is 0. The predicted molar refractivity (Wildman–Crippen MR) is 52.1 cm³/mol. The molecule has 0 amide bonds. The van der Waals surface area contributed by atoms with E-state index >= 15 is 0 Å². The van der Waals surface area contributed by atoms with E-state index in [0.29, 0.717) is 0 Å². The van der Waals surface area contributed by atoms with E-state index < -0.39 is 10.0 Å². The molecule has 0 radical (unpaired) electrons. The zero-order valence-electron chi connectivity index (χ0n) is 7.66. The number of piperidine rings is 1. The first-order valence-electron chi connectivity index (χ1n) is 4.25. The largest absolute Gasteiger partial charge is 0.386 e. The SMILES string of the molecule is CS(=O)(=O)/N=C(\N)C1CCNCC1. The van der Waals surface area contributed by atoms with E-state index in [4.69, 9.17) is 5.73 Å². The van der Waals surface area contributed by atoms with E-state index in [9.17, 15) is 8.42 Å². The van der Waals surface area contributed by atoms with Crippen LogP contribution in [-0.2, 0) is 10.0 Å². The predicted octanol–water partition coefficient (Wildman–Crippen LogP) is -0.697. The van der Waals surface area contributed by atoms with E-state index in [1.54, 1.807) is 0 Å². The molecule has 1 heterocycles. The molecule has 0 saturated carbocycles. The van der Waals surface area contributed by atoms with Crippen molar-refractivity contribution in [1.29, 1.82) is 0 Å². The van der Waals surface area contributed by atoms with E-state index in [1.807, 2.05) is 0 Å². The number of sulfonamides is 1. The molecule has 76 valence electrons. The maximum absolute atomic E-state index is 10.8. The molecule has 3 N–H and O–H groups in total. The second-order valence-corrected chi connectivity index (χ2v) is 4.92. The highest BCUT2D eigenvalue weighted by Gasteiger charge is 2.17. The zero-order valence-corrected chi connectivity index (χ0v) is 8.47. The van der Waals surface area contributed by atoms with Gasteiger partial charge in [0.25, 0.3) is 10.0 Å². The van der Waals surface area contributed by atoms with Gasteiger partial charge in [0.05, 0.1) is 6.26 Å². The Hall–Kier alpha value is -0.620. The fraction of sp³-hybridized carbons (Fsp3) is 0.857. The first kappa shape index (κ1) is 10.5. The summed E-state index contributed by atoms with van der Waals surface area (Å²) in [5.41, 5.74) is 5.58. The van der Waals surface area contributed by atoms with Gasteiger partial charge in [0.2, 0.25) is 0 Å². The van der Waals surface area contributed by atoms with Gasteiger partial charge in [-0.15, -0.1) is 0 Å². The summed E-state index contributed by atoms with van der Waals surface area (Å²) in [5, 5.41) is 3.17. The number of hydrogen-bond acceptors (Lipinski definition) is 3. The maximum Gasteiger partial charge on any atom is 0.251 e. The van der Waals surface area contributed by atoms with Gasteiger partial charge in [0.1, 0.15) is 5.84 Å². The molecule has 5 nitrogen and oxygen atoms in total. The van der Waals surface area contributed by atoms with Crippen molar-refractivity contribution >= 4 is 15.9 Å². The van der Waals surface area contributed by atoms with Crippen LogP contribution in [-0.4, -0.2) is 33.6 Å². The molecule has 0 bridgehead atoms. The molecule has 0 aromatic heterocycles. The van der Waals surface area contributed by atoms with Crippen molar-refractivity contribution in [2.24, 2.45) is 16.0 Å². The van der Waals surface area contributed by atoms with Gasteiger partial charge >= 0.3 is 0 Å². The molecule has 1 rings (SSSR count). The van der Waals surface area contributed by atoms with Crippen LogP contribution in [0.5, 0.6) is 0 Å². The fourth-order valence-corrected chi connectivity index (χ4v) is 1.92. The lowest BCUT2D eigenvalue weighted by Gasteiger charge is -2.21. The number of hydrogen-bond donors (Lipinski definition) is 2. The number of nitrogens with zero attached hydrogens (tertiary/aromatic N) is 1. The molecular weight excluding hydrogens is 190 g/mol. The van der Waals surface area contributed by atoms with E-state index in [1.165, 1.54) is 0 Å². The lowest BCUT2D eigenvalue weighted by Crippen LogP contribution is -2.35. The van der Waals surface area contributed by atoms with Crippen LogP contribution < -0.4 is 11.1 Å². The van der Waals surface area contributed by atoms with Crippen LogP contribution in [0.2, 0.25) is 0 Å². The van der Waals surface area contributed by atoms with E-state index in [-0.39, 0.29) is 11.8 Å². The minimum absolute atomic E-state index is 0.121. The highest BCUT2D eigenvalue weighted by Crippen LogP contribution is 2.11. The summed E-state index contributed by atoms with van der Waals surface area (Å²) in [5.74, 6) is 0.375. The Kier molecular flexibility index (Phi) is 3.27. The molecule has 0 unspecified atom stereocenters. The van der Waals surface area contributed by atoms with Gasteiger partial charge in [-0.2, -0.15) is 4.40 Å². The van der Waals surface area contributed by atoms with Crippen LogP contribution in [0.3, 0.4) is 0 Å². The molecule has 0 aliphatic carbocycles. The lowest BCUT2D eigenvalue weighted by atomic mass is 9.97. The normalized spacial score (nSPS) is 21.8. The summed E-state index contributed by atoms with van der Waals surface area (Å²) in [6.07, 6.45) is 2.79. The van der Waals surface area contributed by atoms with E-state index in [0.717, 1.165) is 32.2 Å². The molecule has 1 aliphatic rings. The molecule has 6 heteroatoms. The summed E-state index contributed by atoms with van der Waals surface area (Å²) < 4.78 is 25.1. The quantitative estimate of drug-likeness (QED) is 0.461. The van der Waals surface area contributed by atoms with Crippen LogP contribution in [0.1, 0.15) is 12.8 Å². The Bertz CT molecular complexity index is 291. The van der Waals surface area contributed by atoms with Crippen LogP contribution in [0.15, 0.2) is 4.40 Å². The van der Waals surface area contributed by atoms with E-state index in [2.05, 4.69) is 9.71 Å². The third-order valence-electron chi connectivity index (χ3n) is 2.03. The number of amidine groups is 1. The van der Waals surface area contributed by atoms with Crippen LogP contribution >= 0.6 is 0 Å². The summed E-state index contributed by atoms with van der Waals surface area (Å²) in [4.78, 5) is 0. The molecule has 1 fully saturated rings. The molecule has 0 aromatic rings. The lowest BCUT2D eigenvalue weighted by molar-refractivity contribution is 0.454. The summed E-state index contributed by atoms with van der Waals surface area (Å²) in [7, 11) is -3.33. The van der Waals surface area contributed by atoms with Crippen molar-refractivity contribution in [3.63, 3.8) is 0 Å². The van der Waals surface area contributed by atoms with Gasteiger partial charge in [0.15, 0.2) is 0 Å². The van der Waals surface area contributed by atoms with Gasteiger partial charge < -0.3 is 11.1 Å². The van der Waals surface area contributed by atoms with Gasteiger partial charge in [-0.25, -0.2) is 8.42 Å². The van der Waals surface area contributed by atoms with Crippen molar-refractivity contribution in [1.82, 2.24) is 5.32 Å². The Morgan fingerprint density at radius 2 is 2.00 bits per heavy atom. The van der Waals surface area contributed by atoms with Gasteiger partial charge in [-0.1, -0.05) is 0 Å². The molecule has 1 saturated heterocycles. The first-order chi connectivity index (χ1) is 5.99. The van der Waals surface area contributed by atoms with Crippen molar-refractivity contribution in [3.8, 4) is 0 Å². The standard InChI is InChI=1S/C7H15N3O2S/c1-13(11,12)10-7(8)6-2-4-9-5-3-6/h6,9H,2-5H2,1H3,(H2,8,10). The average molecular weight is 205 g/mol. The second-order valence-electron chi connectivity index (χ2n) is 3.27. The van der Waals surface area contributed by atoms with Crippen molar-refractivity contribution in [2.45, 2.75) is 12.8 Å². The first-order valence-corrected chi connectivity index (χ1v) is 6.10. The van der Waals surface area contributed by atoms with Crippen molar-refractivity contribution in [2.75, 3.05) is 19.3 Å². The second kappa shape index (κ2) is 4.06. The van der Waals surface area contributed by atoms with Crippen LogP contribution in [0.4, 0.5) is 0 Å². The molecule has 0 aromatic carbocycles. The summed E-state index contributed by atoms with van der Waals surface area (Å²) in [6.45, 7) is 1.76. The number of nitrogens with two attached hydrogens (primary N) is 1. The molecular formula is C7H15N3O2S. The van der Waals surface area contributed by atoms with Crippen LogP contribution in [0, 0.1) is 5.92 Å². The Balaban J connectivity index is 2.65. The topological polar surface area (TPSA) is 84.5 Å². The third-order valence-corrected chi connectivity index (χ3v) is 2.57. The summed E-state index contributed by atoms with van der Waals surface area (Å²) in [6, 6.07) is 0. The molecule has 0 atom stereocenters. The Morgan fingerprint density at radius 3 is 2.46 bits per heavy atom. The maximum atomic E-state index is 10.8. The number of rotatable bonds is 2. The highest BCUT2D eigenvalue weighted by molar-refractivity contribution is 7.89. The third kappa shape index (κ3) is 3.73. The fourth-order valence-electron chi connectivity index (χ4n) is 1.38. The minimum Gasteiger partial charge on any atom is -0.386 e. The minimum atomic E-state index is -3.33. The van der Waals surface area contributed by atoms with Crippen molar-refractivity contribution in [3.05, 3.63) is 0 Å². The van der Waals surface area contributed by atoms with Gasteiger partial charge in [-0.05, 0) is 25.9 Å². The Labute approximate surface area is 78.5 Å². The molecule has 13 heavy (non-hydrogen) atoms. The average Bonchev–Trinajstić information content (AvgIpc) is 2.03. The molecule has 0 spiro atoms. The zero-order chi connectivity index (χ0) is 9.90. The number of nitrogens with one attached hydrogen (secondary N) is 1. The monoisotopic (exact) mass is 205 g/mol.